The van der Waals surface area contributed by atoms with Crippen molar-refractivity contribution in [1.29, 1.82) is 0 Å². The Morgan fingerprint density at radius 1 is 1.29 bits per heavy atom. The third kappa shape index (κ3) is 40.5. The van der Waals surface area contributed by atoms with E-state index >= 15 is 0 Å². The summed E-state index contributed by atoms with van der Waals surface area (Å²) >= 11 is 0. The van der Waals surface area contributed by atoms with Gasteiger partial charge >= 0.3 is 0 Å². The molecule has 0 aliphatic heterocycles. The maximum atomic E-state index is 6.15. The van der Waals surface area contributed by atoms with E-state index in [-0.39, 0.29) is 55.7 Å². The number of hydrogen-bond donors (Lipinski definition) is 0. The van der Waals surface area contributed by atoms with Gasteiger partial charge in [-0.15, -0.1) is 0 Å². The summed E-state index contributed by atoms with van der Waals surface area (Å²) in [7, 11) is 0. The van der Waals surface area contributed by atoms with Crippen LogP contribution in [0.3, 0.4) is 0 Å². The Labute approximate surface area is 80.9 Å². The summed E-state index contributed by atoms with van der Waals surface area (Å²) in [4.78, 5) is 0. The average Bonchev–Trinajstić information content (AvgIpc) is 1.37. The first-order chi connectivity index (χ1) is 1.91. The van der Waals surface area contributed by atoms with Gasteiger partial charge in [-0.1, -0.05) is 0 Å². The standard InChI is InChI=1S/C4H4.3V/c1-3-4-2;;;/h3H,1H3;;;/q-2;;;. The fourth-order valence-corrected chi connectivity index (χ4v) is 0. The van der Waals surface area contributed by atoms with Gasteiger partial charge in [0, 0.05) is 55.7 Å². The second-order valence-electron chi connectivity index (χ2n) is 0.433. The van der Waals surface area contributed by atoms with Gasteiger partial charge in [-0.2, -0.15) is 6.92 Å². The zero-order valence-electron chi connectivity index (χ0n) is 3.92. The van der Waals surface area contributed by atoms with E-state index < -0.39 is 0 Å². The molecule has 0 bridgehead atoms. The van der Waals surface area contributed by atoms with Gasteiger partial charge < -0.3 is 18.8 Å². The minimum absolute atomic E-state index is 0. The molecule has 37 valence electrons. The summed E-state index contributed by atoms with van der Waals surface area (Å²) in [6.45, 7) is 1.76. The largest absolute Gasteiger partial charge is 0.729 e. The van der Waals surface area contributed by atoms with Crippen LogP contribution >= 0.6 is 0 Å². The normalized spacial score (nSPS) is 2.29. The molecule has 0 heterocycles. The Balaban J connectivity index is -0.0000000150. The van der Waals surface area contributed by atoms with E-state index in [9.17, 15) is 0 Å². The first kappa shape index (κ1) is 24.1. The van der Waals surface area contributed by atoms with Gasteiger partial charge in [0.25, 0.3) is 0 Å². The number of hydrogen-bond acceptors (Lipinski definition) is 0. The van der Waals surface area contributed by atoms with Crippen LogP contribution in [0, 0.1) is 18.8 Å². The van der Waals surface area contributed by atoms with Gasteiger partial charge in [-0.25, -0.2) is 0 Å². The smallest absolute Gasteiger partial charge is 0 e. The average molecular weight is 205 g/mol. The fraction of sp³-hybridized carbons (Fsp3) is 0.250. The summed E-state index contributed by atoms with van der Waals surface area (Å²) < 4.78 is 0. The Morgan fingerprint density at radius 3 is 1.43 bits per heavy atom. The minimum Gasteiger partial charge on any atom is -0.729 e. The summed E-state index contributed by atoms with van der Waals surface area (Å²) in [5.74, 6) is 2.06. The van der Waals surface area contributed by atoms with Crippen molar-refractivity contribution < 1.29 is 55.7 Å². The van der Waals surface area contributed by atoms with Crippen LogP contribution in [0.1, 0.15) is 6.92 Å². The Bertz CT molecular complexity index is 36.7. The molecule has 0 saturated heterocycles. The summed E-state index contributed by atoms with van der Waals surface area (Å²) in [5.41, 5.74) is 0. The second-order valence-corrected chi connectivity index (χ2v) is 0.433. The predicted molar refractivity (Wildman–Crippen MR) is 17.1 cm³/mol. The Morgan fingerprint density at radius 2 is 1.43 bits per heavy atom. The van der Waals surface area contributed by atoms with Crippen molar-refractivity contribution in [2.24, 2.45) is 0 Å². The van der Waals surface area contributed by atoms with Crippen LogP contribution in [0.15, 0.2) is 0 Å². The maximum absolute atomic E-state index is 6.15. The number of rotatable bonds is 0. The summed E-state index contributed by atoms with van der Waals surface area (Å²) in [6, 6.07) is 0. The molecule has 0 saturated carbocycles. The fourth-order valence-electron chi connectivity index (χ4n) is 0. The van der Waals surface area contributed by atoms with E-state index in [4.69, 9.17) is 6.42 Å². The SMILES string of the molecule is [C-]#C[CH-]C.[V].[V].[V]. The molecule has 0 aromatic rings. The topological polar surface area (TPSA) is 0 Å². The van der Waals surface area contributed by atoms with Gasteiger partial charge in [0.1, 0.15) is 0 Å². The zero-order chi connectivity index (χ0) is 3.41. The molecular weight excluding hydrogens is 201 g/mol. The molecule has 3 heteroatoms. The molecular formula is C4H4V3-2. The van der Waals surface area contributed by atoms with Crippen molar-refractivity contribution in [1.82, 2.24) is 0 Å². The molecule has 0 aliphatic carbocycles. The summed E-state index contributed by atoms with van der Waals surface area (Å²) in [6.07, 6.45) is 7.69. The van der Waals surface area contributed by atoms with Crippen molar-refractivity contribution >= 4 is 0 Å². The van der Waals surface area contributed by atoms with E-state index in [0.717, 1.165) is 0 Å². The Kier molecular flexibility index (Phi) is 93.4. The van der Waals surface area contributed by atoms with Crippen LogP contribution in [-0.2, 0) is 55.7 Å². The third-order valence-corrected chi connectivity index (χ3v) is 0.144. The third-order valence-electron chi connectivity index (χ3n) is 0.144. The van der Waals surface area contributed by atoms with E-state index in [1.807, 2.05) is 0 Å². The van der Waals surface area contributed by atoms with Gasteiger partial charge in [0.2, 0.25) is 0 Å². The molecule has 0 rings (SSSR count). The molecule has 0 spiro atoms. The first-order valence-electron chi connectivity index (χ1n) is 1.12. The molecule has 0 amide bonds. The van der Waals surface area contributed by atoms with Crippen molar-refractivity contribution in [3.63, 3.8) is 0 Å². The minimum atomic E-state index is 0. The van der Waals surface area contributed by atoms with Crippen molar-refractivity contribution in [2.75, 3.05) is 0 Å². The van der Waals surface area contributed by atoms with Gasteiger partial charge in [0.05, 0.1) is 0 Å². The predicted octanol–water partition coefficient (Wildman–Crippen LogP) is 0.793. The van der Waals surface area contributed by atoms with Crippen LogP contribution in [0.2, 0.25) is 0 Å². The quantitative estimate of drug-likeness (QED) is 0.405. The van der Waals surface area contributed by atoms with E-state index in [1.54, 1.807) is 13.3 Å². The van der Waals surface area contributed by atoms with Crippen molar-refractivity contribution in [2.45, 2.75) is 6.92 Å². The molecule has 0 aromatic carbocycles. The molecule has 0 nitrogen and oxygen atoms in total. The Hall–Kier alpha value is 1.18. The van der Waals surface area contributed by atoms with Gasteiger partial charge in [0.15, 0.2) is 0 Å². The molecule has 7 heavy (non-hydrogen) atoms. The maximum Gasteiger partial charge on any atom is 0 e. The van der Waals surface area contributed by atoms with Crippen LogP contribution in [-0.4, -0.2) is 0 Å². The van der Waals surface area contributed by atoms with Crippen LogP contribution in [0.25, 0.3) is 0 Å². The monoisotopic (exact) mass is 205 g/mol. The van der Waals surface area contributed by atoms with Crippen LogP contribution in [0.4, 0.5) is 0 Å². The van der Waals surface area contributed by atoms with Gasteiger partial charge in [-0.3, -0.25) is 0 Å². The molecule has 0 unspecified atom stereocenters. The molecule has 3 radical (unpaired) electrons. The van der Waals surface area contributed by atoms with Crippen molar-refractivity contribution in [3.05, 3.63) is 12.8 Å². The van der Waals surface area contributed by atoms with Crippen molar-refractivity contribution in [3.8, 4) is 5.92 Å². The molecule has 0 fully saturated rings. The molecule has 0 aromatic heterocycles. The first-order valence-corrected chi connectivity index (χ1v) is 1.12. The second kappa shape index (κ2) is 27.1. The molecule has 0 N–H and O–H groups in total. The van der Waals surface area contributed by atoms with Crippen LogP contribution in [0.5, 0.6) is 0 Å². The van der Waals surface area contributed by atoms with Gasteiger partial charge in [-0.05, 0) is 0 Å². The van der Waals surface area contributed by atoms with Crippen LogP contribution < -0.4 is 0 Å². The van der Waals surface area contributed by atoms with E-state index in [2.05, 4.69) is 5.92 Å². The molecule has 0 atom stereocenters. The summed E-state index contributed by atoms with van der Waals surface area (Å²) in [5, 5.41) is 0. The van der Waals surface area contributed by atoms with E-state index in [1.165, 1.54) is 0 Å². The van der Waals surface area contributed by atoms with E-state index in [0.29, 0.717) is 0 Å². The zero-order valence-corrected chi connectivity index (χ0v) is 8.11. The molecule has 0 aliphatic rings.